The highest BCUT2D eigenvalue weighted by Crippen LogP contribution is 2.20. The Morgan fingerprint density at radius 2 is 1.88 bits per heavy atom. The highest BCUT2D eigenvalue weighted by Gasteiger charge is 2.19. The molecule has 1 aliphatic heterocycles. The average Bonchev–Trinajstić information content (AvgIpc) is 3.09. The van der Waals surface area contributed by atoms with Crippen LogP contribution in [0.1, 0.15) is 11.5 Å². The zero-order chi connectivity index (χ0) is 17.5. The van der Waals surface area contributed by atoms with Crippen molar-refractivity contribution in [2.75, 3.05) is 52.5 Å². The van der Waals surface area contributed by atoms with E-state index in [9.17, 15) is 0 Å². The van der Waals surface area contributed by atoms with Gasteiger partial charge < -0.3 is 14.4 Å². The molecule has 0 bridgehead atoms. The minimum Gasteiger partial charge on any atom is -0.394 e. The third-order valence-corrected chi connectivity index (χ3v) is 4.47. The lowest BCUT2D eigenvalue weighted by Crippen LogP contribution is -2.46. The summed E-state index contributed by atoms with van der Waals surface area (Å²) in [4.78, 5) is 9.26. The molecule has 25 heavy (non-hydrogen) atoms. The van der Waals surface area contributed by atoms with Crippen molar-refractivity contribution in [3.8, 4) is 11.4 Å². The molecule has 3 rings (SSSR count). The van der Waals surface area contributed by atoms with Gasteiger partial charge in [-0.1, -0.05) is 29.4 Å². The first kappa shape index (κ1) is 18.0. The molecule has 136 valence electrons. The van der Waals surface area contributed by atoms with Crippen LogP contribution in [0.25, 0.3) is 11.4 Å². The number of aromatic nitrogens is 2. The average molecular weight is 346 g/mol. The number of hydrogen-bond acceptors (Lipinski definition) is 7. The monoisotopic (exact) mass is 346 g/mol. The van der Waals surface area contributed by atoms with Crippen molar-refractivity contribution in [3.05, 3.63) is 35.7 Å². The van der Waals surface area contributed by atoms with E-state index in [1.165, 1.54) is 0 Å². The third-order valence-electron chi connectivity index (χ3n) is 4.47. The number of benzene rings is 1. The van der Waals surface area contributed by atoms with Crippen LogP contribution in [0.5, 0.6) is 0 Å². The summed E-state index contributed by atoms with van der Waals surface area (Å²) in [5.74, 6) is 1.32. The molecule has 2 heterocycles. The van der Waals surface area contributed by atoms with Crippen LogP contribution < -0.4 is 0 Å². The number of aliphatic hydroxyl groups excluding tert-OH is 1. The fourth-order valence-corrected chi connectivity index (χ4v) is 2.97. The van der Waals surface area contributed by atoms with Gasteiger partial charge in [-0.05, 0) is 12.5 Å². The standard InChI is InChI=1S/C18H26N4O3/c1-15-4-2-3-5-16(15)18-19-17(25-20-18)14-22-8-6-21(7-9-22)10-12-24-13-11-23/h2-5,23H,6-14H2,1H3. The first-order valence-corrected chi connectivity index (χ1v) is 8.78. The maximum absolute atomic E-state index is 8.70. The van der Waals surface area contributed by atoms with Crippen LogP contribution in [0.3, 0.4) is 0 Å². The Bertz CT molecular complexity index is 653. The van der Waals surface area contributed by atoms with Crippen LogP contribution >= 0.6 is 0 Å². The van der Waals surface area contributed by atoms with Gasteiger partial charge in [0, 0.05) is 38.3 Å². The molecule has 1 aromatic heterocycles. The van der Waals surface area contributed by atoms with E-state index in [4.69, 9.17) is 14.4 Å². The predicted octanol–water partition coefficient (Wildman–Crippen LogP) is 1.17. The number of aryl methyl sites for hydroxylation is 1. The second-order valence-corrected chi connectivity index (χ2v) is 6.28. The van der Waals surface area contributed by atoms with E-state index in [0.717, 1.165) is 43.9 Å². The molecule has 0 aliphatic carbocycles. The van der Waals surface area contributed by atoms with Gasteiger partial charge in [0.2, 0.25) is 11.7 Å². The summed E-state index contributed by atoms with van der Waals surface area (Å²) in [6.45, 7) is 8.77. The van der Waals surface area contributed by atoms with Crippen LogP contribution in [0.2, 0.25) is 0 Å². The van der Waals surface area contributed by atoms with Crippen molar-refractivity contribution in [2.24, 2.45) is 0 Å². The van der Waals surface area contributed by atoms with Crippen molar-refractivity contribution in [1.29, 1.82) is 0 Å². The zero-order valence-electron chi connectivity index (χ0n) is 14.7. The van der Waals surface area contributed by atoms with Crippen LogP contribution in [0.4, 0.5) is 0 Å². The minimum atomic E-state index is 0.0858. The second kappa shape index (κ2) is 9.05. The Hall–Kier alpha value is -1.80. The van der Waals surface area contributed by atoms with Gasteiger partial charge in [0.1, 0.15) is 0 Å². The molecular weight excluding hydrogens is 320 g/mol. The predicted molar refractivity (Wildman–Crippen MR) is 94.1 cm³/mol. The number of nitrogens with zero attached hydrogens (tertiary/aromatic N) is 4. The lowest BCUT2D eigenvalue weighted by Gasteiger charge is -2.33. The first-order valence-electron chi connectivity index (χ1n) is 8.78. The topological polar surface area (TPSA) is 74.9 Å². The van der Waals surface area contributed by atoms with E-state index in [2.05, 4.69) is 32.9 Å². The van der Waals surface area contributed by atoms with Crippen molar-refractivity contribution in [2.45, 2.75) is 13.5 Å². The zero-order valence-corrected chi connectivity index (χ0v) is 14.7. The molecule has 7 heteroatoms. The van der Waals surface area contributed by atoms with Crippen LogP contribution in [-0.2, 0) is 11.3 Å². The van der Waals surface area contributed by atoms with Gasteiger partial charge in [0.25, 0.3) is 0 Å². The Morgan fingerprint density at radius 1 is 1.12 bits per heavy atom. The van der Waals surface area contributed by atoms with Crippen LogP contribution in [0, 0.1) is 6.92 Å². The molecule has 7 nitrogen and oxygen atoms in total. The van der Waals surface area contributed by atoms with Crippen molar-refractivity contribution in [1.82, 2.24) is 19.9 Å². The van der Waals surface area contributed by atoms with E-state index >= 15 is 0 Å². The summed E-state index contributed by atoms with van der Waals surface area (Å²) in [7, 11) is 0. The van der Waals surface area contributed by atoms with Gasteiger partial charge in [0.15, 0.2) is 0 Å². The molecule has 1 fully saturated rings. The van der Waals surface area contributed by atoms with E-state index < -0.39 is 0 Å². The molecule has 1 aliphatic rings. The SMILES string of the molecule is Cc1ccccc1-c1noc(CN2CCN(CCOCCO)CC2)n1. The summed E-state index contributed by atoms with van der Waals surface area (Å²) in [6, 6.07) is 8.06. The lowest BCUT2D eigenvalue weighted by atomic mass is 10.1. The second-order valence-electron chi connectivity index (χ2n) is 6.28. The normalized spacial score (nSPS) is 16.4. The molecule has 0 atom stereocenters. The fourth-order valence-electron chi connectivity index (χ4n) is 2.97. The Labute approximate surface area is 148 Å². The highest BCUT2D eigenvalue weighted by molar-refractivity contribution is 5.58. The Morgan fingerprint density at radius 3 is 2.64 bits per heavy atom. The summed E-state index contributed by atoms with van der Waals surface area (Å²) in [5, 5.41) is 12.8. The molecule has 2 aromatic rings. The quantitative estimate of drug-likeness (QED) is 0.719. The highest BCUT2D eigenvalue weighted by atomic mass is 16.5. The molecule has 0 amide bonds. The van der Waals surface area contributed by atoms with Gasteiger partial charge in [-0.15, -0.1) is 0 Å². The first-order chi connectivity index (χ1) is 12.3. The molecule has 0 radical (unpaired) electrons. The van der Waals surface area contributed by atoms with Gasteiger partial charge >= 0.3 is 0 Å². The van der Waals surface area contributed by atoms with E-state index in [1.807, 2.05) is 18.2 Å². The summed E-state index contributed by atoms with van der Waals surface area (Å²) >= 11 is 0. The smallest absolute Gasteiger partial charge is 0.241 e. The Kier molecular flexibility index (Phi) is 6.52. The number of piperazine rings is 1. The minimum absolute atomic E-state index is 0.0858. The molecule has 1 N–H and O–H groups in total. The van der Waals surface area contributed by atoms with Gasteiger partial charge in [-0.3, -0.25) is 9.80 Å². The van der Waals surface area contributed by atoms with Crippen LogP contribution in [-0.4, -0.2) is 77.6 Å². The van der Waals surface area contributed by atoms with Gasteiger partial charge in [-0.2, -0.15) is 4.98 Å². The number of ether oxygens (including phenoxy) is 1. The van der Waals surface area contributed by atoms with E-state index in [1.54, 1.807) is 0 Å². The number of hydrogen-bond donors (Lipinski definition) is 1. The van der Waals surface area contributed by atoms with E-state index in [-0.39, 0.29) is 6.61 Å². The number of aliphatic hydroxyl groups is 1. The lowest BCUT2D eigenvalue weighted by molar-refractivity contribution is 0.0545. The van der Waals surface area contributed by atoms with Gasteiger partial charge in [0.05, 0.1) is 26.4 Å². The fraction of sp³-hybridized carbons (Fsp3) is 0.556. The third kappa shape index (κ3) is 5.09. The maximum Gasteiger partial charge on any atom is 0.241 e. The van der Waals surface area contributed by atoms with Crippen molar-refractivity contribution >= 4 is 0 Å². The molecule has 1 saturated heterocycles. The Balaban J connectivity index is 1.46. The molecule has 0 saturated carbocycles. The summed E-state index contributed by atoms with van der Waals surface area (Å²) < 4.78 is 10.8. The molecule has 0 unspecified atom stereocenters. The largest absolute Gasteiger partial charge is 0.394 e. The van der Waals surface area contributed by atoms with Crippen molar-refractivity contribution < 1.29 is 14.4 Å². The van der Waals surface area contributed by atoms with Crippen molar-refractivity contribution in [3.63, 3.8) is 0 Å². The summed E-state index contributed by atoms with van der Waals surface area (Å²) in [6.07, 6.45) is 0. The van der Waals surface area contributed by atoms with Crippen LogP contribution in [0.15, 0.2) is 28.8 Å². The molecule has 0 spiro atoms. The molecular formula is C18H26N4O3. The van der Waals surface area contributed by atoms with Gasteiger partial charge in [-0.25, -0.2) is 0 Å². The molecule has 1 aromatic carbocycles. The number of rotatable bonds is 8. The summed E-state index contributed by atoms with van der Waals surface area (Å²) in [5.41, 5.74) is 2.16. The maximum atomic E-state index is 8.70. The van der Waals surface area contributed by atoms with E-state index in [0.29, 0.717) is 31.5 Å².